The Morgan fingerprint density at radius 3 is 2.00 bits per heavy atom. The first-order valence-corrected chi connectivity index (χ1v) is 4.55. The van der Waals surface area contributed by atoms with Crippen molar-refractivity contribution in [1.29, 1.82) is 0 Å². The molecule has 0 heterocycles. The Balaban J connectivity index is 3.61. The second-order valence-corrected chi connectivity index (χ2v) is 3.35. The van der Waals surface area contributed by atoms with Crippen LogP contribution in [0, 0.1) is 0 Å². The first-order chi connectivity index (χ1) is 6.41. The van der Waals surface area contributed by atoms with E-state index in [1.165, 1.54) is 0 Å². The minimum absolute atomic E-state index is 0.163. The zero-order chi connectivity index (χ0) is 11.1. The molecule has 5 nitrogen and oxygen atoms in total. The SMILES string of the molecule is CC(C)OC(=O)CNC(=O)OC(C)C. The molecule has 0 radical (unpaired) electrons. The fourth-order valence-electron chi connectivity index (χ4n) is 0.705. The number of esters is 1. The second kappa shape index (κ2) is 6.23. The van der Waals surface area contributed by atoms with E-state index >= 15 is 0 Å². The van der Waals surface area contributed by atoms with Gasteiger partial charge in [-0.3, -0.25) is 4.79 Å². The number of nitrogens with one attached hydrogen (secondary N) is 1. The van der Waals surface area contributed by atoms with Gasteiger partial charge in [0.25, 0.3) is 0 Å². The normalized spacial score (nSPS) is 10.1. The molecule has 0 atom stereocenters. The number of ether oxygens (including phenoxy) is 2. The maximum Gasteiger partial charge on any atom is 0.407 e. The van der Waals surface area contributed by atoms with Gasteiger partial charge in [0.15, 0.2) is 0 Å². The topological polar surface area (TPSA) is 64.6 Å². The van der Waals surface area contributed by atoms with Crippen LogP contribution < -0.4 is 5.32 Å². The van der Waals surface area contributed by atoms with Gasteiger partial charge in [-0.25, -0.2) is 4.79 Å². The van der Waals surface area contributed by atoms with Crippen molar-refractivity contribution in [3.8, 4) is 0 Å². The Hall–Kier alpha value is -1.26. The zero-order valence-corrected chi connectivity index (χ0v) is 8.99. The Labute approximate surface area is 83.8 Å². The van der Waals surface area contributed by atoms with Crippen molar-refractivity contribution in [2.75, 3.05) is 6.54 Å². The molecule has 14 heavy (non-hydrogen) atoms. The molecule has 0 aliphatic heterocycles. The lowest BCUT2D eigenvalue weighted by atomic mass is 10.5. The van der Waals surface area contributed by atoms with Crippen LogP contribution >= 0.6 is 0 Å². The number of rotatable bonds is 4. The predicted molar refractivity (Wildman–Crippen MR) is 50.8 cm³/mol. The number of alkyl carbamates (subject to hydrolysis) is 1. The second-order valence-electron chi connectivity index (χ2n) is 3.35. The molecule has 0 aliphatic rings. The van der Waals surface area contributed by atoms with Crippen LogP contribution in [0.4, 0.5) is 4.79 Å². The summed E-state index contributed by atoms with van der Waals surface area (Å²) in [4.78, 5) is 21.9. The Morgan fingerprint density at radius 1 is 1.07 bits per heavy atom. The number of carbonyl (C=O) groups excluding carboxylic acids is 2. The summed E-state index contributed by atoms with van der Waals surface area (Å²) < 4.78 is 9.54. The fourth-order valence-corrected chi connectivity index (χ4v) is 0.705. The molecule has 1 N–H and O–H groups in total. The van der Waals surface area contributed by atoms with E-state index in [-0.39, 0.29) is 18.8 Å². The minimum atomic E-state index is -0.610. The molecule has 0 aliphatic carbocycles. The molecule has 0 unspecified atom stereocenters. The summed E-state index contributed by atoms with van der Waals surface area (Å²) in [5.74, 6) is -0.472. The van der Waals surface area contributed by atoms with E-state index in [0.29, 0.717) is 0 Å². The maximum absolute atomic E-state index is 11.0. The predicted octanol–water partition coefficient (Wildman–Crippen LogP) is 1.07. The van der Waals surface area contributed by atoms with Crippen LogP contribution in [0.15, 0.2) is 0 Å². The summed E-state index contributed by atoms with van der Waals surface area (Å²) in [6.07, 6.45) is -0.984. The highest BCUT2D eigenvalue weighted by atomic mass is 16.6. The summed E-state index contributed by atoms with van der Waals surface area (Å²) in [6.45, 7) is 6.77. The molecule has 0 spiro atoms. The van der Waals surface area contributed by atoms with E-state index in [1.807, 2.05) is 0 Å². The van der Waals surface area contributed by atoms with E-state index in [0.717, 1.165) is 0 Å². The van der Waals surface area contributed by atoms with Crippen LogP contribution in [0.3, 0.4) is 0 Å². The largest absolute Gasteiger partial charge is 0.462 e. The summed E-state index contributed by atoms with van der Waals surface area (Å²) in [7, 11) is 0. The first-order valence-electron chi connectivity index (χ1n) is 4.55. The highest BCUT2D eigenvalue weighted by molar-refractivity contribution is 5.77. The summed E-state index contributed by atoms with van der Waals surface area (Å²) in [6, 6.07) is 0. The molecule has 0 fully saturated rings. The number of carbonyl (C=O) groups is 2. The minimum Gasteiger partial charge on any atom is -0.462 e. The van der Waals surface area contributed by atoms with Gasteiger partial charge in [-0.15, -0.1) is 0 Å². The Kier molecular flexibility index (Phi) is 5.67. The summed E-state index contributed by atoms with van der Waals surface area (Å²) in [5, 5.41) is 2.28. The van der Waals surface area contributed by atoms with Crippen molar-refractivity contribution in [1.82, 2.24) is 5.32 Å². The van der Waals surface area contributed by atoms with Crippen molar-refractivity contribution in [3.63, 3.8) is 0 Å². The molecule has 1 amide bonds. The third-order valence-corrected chi connectivity index (χ3v) is 1.09. The van der Waals surface area contributed by atoms with Crippen LogP contribution in [-0.2, 0) is 14.3 Å². The van der Waals surface area contributed by atoms with Crippen LogP contribution in [-0.4, -0.2) is 30.8 Å². The van der Waals surface area contributed by atoms with Gasteiger partial charge in [-0.2, -0.15) is 0 Å². The summed E-state index contributed by atoms with van der Waals surface area (Å²) >= 11 is 0. The van der Waals surface area contributed by atoms with Gasteiger partial charge in [0.2, 0.25) is 0 Å². The number of hydrogen-bond acceptors (Lipinski definition) is 4. The molecule has 0 aromatic carbocycles. The average Bonchev–Trinajstić information content (AvgIpc) is 1.98. The number of amides is 1. The van der Waals surface area contributed by atoms with E-state index in [2.05, 4.69) is 5.32 Å². The third kappa shape index (κ3) is 7.39. The first kappa shape index (κ1) is 12.7. The van der Waals surface area contributed by atoms with Gasteiger partial charge in [-0.1, -0.05) is 0 Å². The molecule has 0 saturated heterocycles. The Bertz CT molecular complexity index is 179. The van der Waals surface area contributed by atoms with E-state index in [4.69, 9.17) is 9.47 Å². The average molecular weight is 203 g/mol. The molecular weight excluding hydrogens is 186 g/mol. The van der Waals surface area contributed by atoms with Gasteiger partial charge in [0.05, 0.1) is 12.2 Å². The molecule has 82 valence electrons. The zero-order valence-electron chi connectivity index (χ0n) is 8.99. The van der Waals surface area contributed by atoms with Crippen LogP contribution in [0.5, 0.6) is 0 Å². The molecule has 0 rings (SSSR count). The van der Waals surface area contributed by atoms with Crippen molar-refractivity contribution in [2.24, 2.45) is 0 Å². The number of hydrogen-bond donors (Lipinski definition) is 1. The highest BCUT2D eigenvalue weighted by Gasteiger charge is 2.09. The van der Waals surface area contributed by atoms with E-state index in [9.17, 15) is 9.59 Å². The van der Waals surface area contributed by atoms with Gasteiger partial charge in [0, 0.05) is 0 Å². The smallest absolute Gasteiger partial charge is 0.407 e. The highest BCUT2D eigenvalue weighted by Crippen LogP contribution is 1.90. The van der Waals surface area contributed by atoms with Crippen molar-refractivity contribution in [2.45, 2.75) is 39.9 Å². The molecular formula is C9H17NO4. The molecule has 0 aromatic heterocycles. The van der Waals surface area contributed by atoms with E-state index < -0.39 is 12.1 Å². The lowest BCUT2D eigenvalue weighted by Crippen LogP contribution is -2.33. The lowest BCUT2D eigenvalue weighted by Gasteiger charge is -2.10. The molecule has 0 saturated carbocycles. The third-order valence-electron chi connectivity index (χ3n) is 1.09. The quantitative estimate of drug-likeness (QED) is 0.694. The molecule has 0 aromatic rings. The fraction of sp³-hybridized carbons (Fsp3) is 0.778. The molecule has 5 heteroatoms. The Morgan fingerprint density at radius 2 is 1.57 bits per heavy atom. The van der Waals surface area contributed by atoms with Gasteiger partial charge >= 0.3 is 12.1 Å². The molecule has 0 bridgehead atoms. The van der Waals surface area contributed by atoms with Crippen LogP contribution in [0.25, 0.3) is 0 Å². The van der Waals surface area contributed by atoms with Gasteiger partial charge in [0.1, 0.15) is 6.54 Å². The van der Waals surface area contributed by atoms with Gasteiger partial charge < -0.3 is 14.8 Å². The van der Waals surface area contributed by atoms with Crippen molar-refractivity contribution in [3.05, 3.63) is 0 Å². The van der Waals surface area contributed by atoms with Crippen LogP contribution in [0.2, 0.25) is 0 Å². The monoisotopic (exact) mass is 203 g/mol. The van der Waals surface area contributed by atoms with Crippen molar-refractivity contribution < 1.29 is 19.1 Å². The van der Waals surface area contributed by atoms with Crippen molar-refractivity contribution >= 4 is 12.1 Å². The lowest BCUT2D eigenvalue weighted by molar-refractivity contribution is -0.146. The standard InChI is InChI=1S/C9H17NO4/c1-6(2)13-8(11)5-10-9(12)14-7(3)4/h6-7H,5H2,1-4H3,(H,10,12). The van der Waals surface area contributed by atoms with Gasteiger partial charge in [-0.05, 0) is 27.7 Å². The maximum atomic E-state index is 11.0. The van der Waals surface area contributed by atoms with Crippen LogP contribution in [0.1, 0.15) is 27.7 Å². The van der Waals surface area contributed by atoms with E-state index in [1.54, 1.807) is 27.7 Å². The summed E-state index contributed by atoms with van der Waals surface area (Å²) in [5.41, 5.74) is 0.